The van der Waals surface area contributed by atoms with Gasteiger partial charge in [0.15, 0.2) is 0 Å². The summed E-state index contributed by atoms with van der Waals surface area (Å²) in [6, 6.07) is 15.6. The van der Waals surface area contributed by atoms with Gasteiger partial charge in [-0.2, -0.15) is 0 Å². The second-order valence-electron chi connectivity index (χ2n) is 7.71. The lowest BCUT2D eigenvalue weighted by molar-refractivity contribution is -0.116. The largest absolute Gasteiger partial charge is 0.494 e. The number of ether oxygens (including phenoxy) is 2. The predicted molar refractivity (Wildman–Crippen MR) is 133 cm³/mol. The first-order valence-electron chi connectivity index (χ1n) is 11.1. The molecule has 7 nitrogen and oxygen atoms in total. The molecule has 0 atom stereocenters. The number of carbonyl (C=O) groups excluding carboxylic acids is 2. The maximum absolute atomic E-state index is 12.7. The minimum Gasteiger partial charge on any atom is -0.494 e. The van der Waals surface area contributed by atoms with Crippen molar-refractivity contribution < 1.29 is 23.5 Å². The van der Waals surface area contributed by atoms with Crippen molar-refractivity contribution in [2.75, 3.05) is 19.0 Å². The number of hydrogen-bond acceptors (Lipinski definition) is 7. The lowest BCUT2D eigenvalue weighted by atomic mass is 10.1. The average Bonchev–Trinajstić information content (AvgIpc) is 3.41. The molecule has 0 spiro atoms. The number of furan rings is 1. The molecule has 176 valence electrons. The number of nitrogens with one attached hydrogen (secondary N) is 1. The highest BCUT2D eigenvalue weighted by Crippen LogP contribution is 2.40. The maximum Gasteiger partial charge on any atom is 0.342 e. The summed E-state index contributed by atoms with van der Waals surface area (Å²) in [5.74, 6) is 0.546. The van der Waals surface area contributed by atoms with Crippen molar-refractivity contribution in [3.05, 3.63) is 65.4 Å². The Morgan fingerprint density at radius 2 is 1.88 bits per heavy atom. The third-order valence-electron chi connectivity index (χ3n) is 5.38. The van der Waals surface area contributed by atoms with Crippen LogP contribution in [0.5, 0.6) is 5.75 Å². The van der Waals surface area contributed by atoms with E-state index in [2.05, 4.69) is 17.2 Å². The minimum absolute atomic E-state index is 0.193. The van der Waals surface area contributed by atoms with Gasteiger partial charge in [0.1, 0.15) is 22.1 Å². The van der Waals surface area contributed by atoms with Crippen LogP contribution in [0.1, 0.15) is 41.4 Å². The van der Waals surface area contributed by atoms with Crippen LogP contribution in [0.15, 0.2) is 52.9 Å². The van der Waals surface area contributed by atoms with Crippen molar-refractivity contribution >= 4 is 39.3 Å². The Bertz CT molecular complexity index is 1270. The Labute approximate surface area is 201 Å². The Morgan fingerprint density at radius 3 is 2.59 bits per heavy atom. The fraction of sp³-hybridized carbons (Fsp3) is 0.269. The van der Waals surface area contributed by atoms with E-state index in [1.54, 1.807) is 6.92 Å². The van der Waals surface area contributed by atoms with Gasteiger partial charge in [-0.05, 0) is 49.6 Å². The molecular weight excluding hydrogens is 452 g/mol. The molecule has 0 radical (unpaired) electrons. The summed E-state index contributed by atoms with van der Waals surface area (Å²) < 4.78 is 17.4. The zero-order valence-corrected chi connectivity index (χ0v) is 20.2. The quantitative estimate of drug-likeness (QED) is 0.234. The van der Waals surface area contributed by atoms with Gasteiger partial charge in [-0.1, -0.05) is 31.2 Å². The van der Waals surface area contributed by atoms with Gasteiger partial charge >= 0.3 is 5.97 Å². The molecule has 4 aromatic rings. The van der Waals surface area contributed by atoms with Gasteiger partial charge in [-0.25, -0.2) is 9.78 Å². The number of methoxy groups -OCH3 is 1. The predicted octanol–water partition coefficient (Wildman–Crippen LogP) is 6.01. The van der Waals surface area contributed by atoms with Gasteiger partial charge in [0.05, 0.1) is 29.5 Å². The molecule has 0 aliphatic carbocycles. The molecule has 1 N–H and O–H groups in total. The van der Waals surface area contributed by atoms with Crippen LogP contribution in [0.4, 0.5) is 5.88 Å². The van der Waals surface area contributed by atoms with Gasteiger partial charge in [-0.15, -0.1) is 11.3 Å². The second kappa shape index (κ2) is 10.5. The number of benzene rings is 2. The van der Waals surface area contributed by atoms with E-state index in [1.807, 2.05) is 48.5 Å². The van der Waals surface area contributed by atoms with Crippen LogP contribution in [0.3, 0.4) is 0 Å². The van der Waals surface area contributed by atoms with E-state index in [4.69, 9.17) is 13.9 Å². The Hall–Kier alpha value is -3.65. The standard InChI is InChI=1S/C26H26N2O5S/c1-4-17-11-13-18(14-12-17)32-15-7-10-21(29)28-24-23(22(16(2)33-24)26(30)31-3)25-27-19-8-5-6-9-20(19)34-25/h5-6,8-9,11-14H,4,7,10,15H2,1-3H3,(H,28,29). The summed E-state index contributed by atoms with van der Waals surface area (Å²) in [5.41, 5.74) is 2.75. The first-order chi connectivity index (χ1) is 16.5. The van der Waals surface area contributed by atoms with Gasteiger partial charge in [0.2, 0.25) is 11.8 Å². The second-order valence-corrected chi connectivity index (χ2v) is 8.74. The highest BCUT2D eigenvalue weighted by atomic mass is 32.1. The number of rotatable bonds is 9. The molecule has 2 aromatic carbocycles. The van der Waals surface area contributed by atoms with Crippen molar-refractivity contribution in [3.8, 4) is 16.3 Å². The molecule has 0 saturated heterocycles. The van der Waals surface area contributed by atoms with Crippen LogP contribution < -0.4 is 10.1 Å². The van der Waals surface area contributed by atoms with E-state index in [0.717, 1.165) is 22.4 Å². The molecule has 4 rings (SSSR count). The van der Waals surface area contributed by atoms with Gasteiger partial charge < -0.3 is 13.9 Å². The highest BCUT2D eigenvalue weighted by molar-refractivity contribution is 7.21. The number of nitrogens with zero attached hydrogens (tertiary/aromatic N) is 1. The first-order valence-corrected chi connectivity index (χ1v) is 11.9. The number of fused-ring (bicyclic) bond motifs is 1. The average molecular weight is 479 g/mol. The molecular formula is C26H26N2O5S. The Morgan fingerprint density at radius 1 is 1.12 bits per heavy atom. The van der Waals surface area contributed by atoms with Gasteiger partial charge in [-0.3, -0.25) is 10.1 Å². The molecule has 0 aliphatic rings. The number of thiazole rings is 1. The number of hydrogen-bond donors (Lipinski definition) is 1. The lowest BCUT2D eigenvalue weighted by Crippen LogP contribution is -2.13. The topological polar surface area (TPSA) is 90.7 Å². The smallest absolute Gasteiger partial charge is 0.342 e. The van der Waals surface area contributed by atoms with Crippen molar-refractivity contribution in [2.45, 2.75) is 33.1 Å². The molecule has 0 fully saturated rings. The summed E-state index contributed by atoms with van der Waals surface area (Å²) in [7, 11) is 1.31. The third kappa shape index (κ3) is 5.12. The van der Waals surface area contributed by atoms with Gasteiger partial charge in [0.25, 0.3) is 0 Å². The minimum atomic E-state index is -0.543. The SMILES string of the molecule is CCc1ccc(OCCCC(=O)Nc2oc(C)c(C(=O)OC)c2-c2nc3ccccc3s2)cc1. The summed E-state index contributed by atoms with van der Waals surface area (Å²) >= 11 is 1.42. The van der Waals surface area contributed by atoms with E-state index in [-0.39, 0.29) is 23.8 Å². The molecule has 0 unspecified atom stereocenters. The highest BCUT2D eigenvalue weighted by Gasteiger charge is 2.28. The Balaban J connectivity index is 1.47. The maximum atomic E-state index is 12.7. The van der Waals surface area contributed by atoms with Crippen LogP contribution in [0.2, 0.25) is 0 Å². The van der Waals surface area contributed by atoms with Crippen molar-refractivity contribution in [2.24, 2.45) is 0 Å². The lowest BCUT2D eigenvalue weighted by Gasteiger charge is -2.07. The van der Waals surface area contributed by atoms with Crippen LogP contribution in [0, 0.1) is 6.92 Å². The normalized spacial score (nSPS) is 10.9. The number of aromatic nitrogens is 1. The van der Waals surface area contributed by atoms with E-state index < -0.39 is 5.97 Å². The van der Waals surface area contributed by atoms with Crippen molar-refractivity contribution in [1.82, 2.24) is 4.98 Å². The van der Waals surface area contributed by atoms with E-state index in [9.17, 15) is 9.59 Å². The number of aryl methyl sites for hydroxylation is 2. The number of anilines is 1. The molecule has 2 heterocycles. The third-order valence-corrected chi connectivity index (χ3v) is 6.44. The summed E-state index contributed by atoms with van der Waals surface area (Å²) in [6.07, 6.45) is 1.74. The van der Waals surface area contributed by atoms with Crippen molar-refractivity contribution in [3.63, 3.8) is 0 Å². The molecule has 8 heteroatoms. The number of esters is 1. The molecule has 34 heavy (non-hydrogen) atoms. The monoisotopic (exact) mass is 478 g/mol. The van der Waals surface area contributed by atoms with E-state index >= 15 is 0 Å². The van der Waals surface area contributed by atoms with Crippen molar-refractivity contribution in [1.29, 1.82) is 0 Å². The number of carbonyl (C=O) groups is 2. The number of para-hydroxylation sites is 1. The summed E-state index contributed by atoms with van der Waals surface area (Å²) in [6.45, 7) is 4.18. The zero-order valence-electron chi connectivity index (χ0n) is 19.3. The number of amides is 1. The van der Waals surface area contributed by atoms with Crippen LogP contribution >= 0.6 is 11.3 Å². The van der Waals surface area contributed by atoms with Crippen LogP contribution in [-0.4, -0.2) is 30.6 Å². The van der Waals surface area contributed by atoms with Crippen LogP contribution in [0.25, 0.3) is 20.8 Å². The summed E-state index contributed by atoms with van der Waals surface area (Å²) in [4.78, 5) is 29.8. The fourth-order valence-electron chi connectivity index (χ4n) is 3.60. The molecule has 1 amide bonds. The van der Waals surface area contributed by atoms with E-state index in [0.29, 0.717) is 29.4 Å². The molecule has 0 bridgehead atoms. The first kappa shape index (κ1) is 23.5. The Kier molecular flexibility index (Phi) is 7.27. The van der Waals surface area contributed by atoms with Crippen LogP contribution in [-0.2, 0) is 16.0 Å². The molecule has 0 aliphatic heterocycles. The molecule has 2 aromatic heterocycles. The van der Waals surface area contributed by atoms with E-state index in [1.165, 1.54) is 24.0 Å². The summed E-state index contributed by atoms with van der Waals surface area (Å²) in [5, 5.41) is 3.38. The zero-order chi connectivity index (χ0) is 24.1. The fourth-order valence-corrected chi connectivity index (χ4v) is 4.61. The van der Waals surface area contributed by atoms with Gasteiger partial charge in [0, 0.05) is 6.42 Å². The molecule has 0 saturated carbocycles.